The minimum absolute atomic E-state index is 0.0440. The number of carbonyl (C=O) groups excluding carboxylic acids is 1. The normalized spacial score (nSPS) is 19.4. The average Bonchev–Trinajstić information content (AvgIpc) is 3.25. The molecule has 0 aliphatic carbocycles. The van der Waals surface area contributed by atoms with Crippen molar-refractivity contribution in [2.24, 2.45) is 5.41 Å². The number of epoxide rings is 1. The highest BCUT2D eigenvalue weighted by molar-refractivity contribution is 5.87. The molecule has 1 atom stereocenters. The van der Waals surface area contributed by atoms with Crippen LogP contribution in [0.2, 0.25) is 0 Å². The van der Waals surface area contributed by atoms with Gasteiger partial charge in [0, 0.05) is 11.0 Å². The van der Waals surface area contributed by atoms with Crippen molar-refractivity contribution < 1.29 is 29.6 Å². The second-order valence-electron chi connectivity index (χ2n) is 4.95. The molecule has 0 amide bonds. The number of ether oxygens (including phenoxy) is 2. The Morgan fingerprint density at radius 2 is 1.95 bits per heavy atom. The van der Waals surface area contributed by atoms with E-state index in [-0.39, 0.29) is 32.5 Å². The third-order valence-corrected chi connectivity index (χ3v) is 3.26. The molecular formula is C13H22O6. The Morgan fingerprint density at radius 1 is 1.37 bits per heavy atom. The van der Waals surface area contributed by atoms with Crippen LogP contribution in [0.3, 0.4) is 0 Å². The van der Waals surface area contributed by atoms with Crippen molar-refractivity contribution >= 4 is 5.97 Å². The van der Waals surface area contributed by atoms with Crippen molar-refractivity contribution in [3.63, 3.8) is 0 Å². The maximum Gasteiger partial charge on any atom is 0.333 e. The highest BCUT2D eigenvalue weighted by Gasteiger charge is 2.27. The number of aliphatic hydroxyl groups is 3. The van der Waals surface area contributed by atoms with E-state index in [2.05, 4.69) is 0 Å². The Bertz CT molecular complexity index is 309. The van der Waals surface area contributed by atoms with Crippen molar-refractivity contribution in [2.75, 3.05) is 33.0 Å². The summed E-state index contributed by atoms with van der Waals surface area (Å²) in [4.78, 5) is 11.5. The van der Waals surface area contributed by atoms with Gasteiger partial charge in [0.2, 0.25) is 0 Å². The van der Waals surface area contributed by atoms with Gasteiger partial charge in [-0.05, 0) is 19.8 Å². The Kier molecular flexibility index (Phi) is 6.44. The summed E-state index contributed by atoms with van der Waals surface area (Å²) in [5, 5.41) is 27.5. The zero-order valence-electron chi connectivity index (χ0n) is 11.2. The summed E-state index contributed by atoms with van der Waals surface area (Å²) < 4.78 is 9.94. The van der Waals surface area contributed by atoms with E-state index in [1.807, 2.05) is 0 Å². The van der Waals surface area contributed by atoms with Gasteiger partial charge in [0.15, 0.2) is 0 Å². The molecule has 1 unspecified atom stereocenters. The van der Waals surface area contributed by atoms with Gasteiger partial charge in [0.05, 0.1) is 26.4 Å². The van der Waals surface area contributed by atoms with Gasteiger partial charge in [-0.3, -0.25) is 0 Å². The standard InChI is InChI=1S/C13H22O6/c1-10(12(17)19-6-11-5-18-11)3-2-4-13(7-14,8-15)9-16/h3,11,14-16H,2,4-9H2,1H3. The Hall–Kier alpha value is -0.950. The lowest BCUT2D eigenvalue weighted by molar-refractivity contribution is -0.139. The molecule has 1 rings (SSSR count). The van der Waals surface area contributed by atoms with Gasteiger partial charge in [0.25, 0.3) is 0 Å². The number of carbonyl (C=O) groups is 1. The quantitative estimate of drug-likeness (QED) is 0.301. The lowest BCUT2D eigenvalue weighted by Gasteiger charge is -2.26. The molecule has 0 spiro atoms. The van der Waals surface area contributed by atoms with Gasteiger partial charge in [-0.15, -0.1) is 0 Å². The Labute approximate surface area is 112 Å². The third-order valence-electron chi connectivity index (χ3n) is 3.26. The van der Waals surface area contributed by atoms with E-state index in [0.717, 1.165) is 0 Å². The molecule has 0 aromatic heterocycles. The highest BCUT2D eigenvalue weighted by Crippen LogP contribution is 2.22. The number of aliphatic hydroxyl groups excluding tert-OH is 3. The van der Waals surface area contributed by atoms with Gasteiger partial charge in [-0.25, -0.2) is 4.79 Å². The summed E-state index contributed by atoms with van der Waals surface area (Å²) >= 11 is 0. The van der Waals surface area contributed by atoms with Crippen LogP contribution in [0.4, 0.5) is 0 Å². The van der Waals surface area contributed by atoms with Crippen molar-refractivity contribution in [1.29, 1.82) is 0 Å². The van der Waals surface area contributed by atoms with Crippen LogP contribution >= 0.6 is 0 Å². The summed E-state index contributed by atoms with van der Waals surface area (Å²) in [6.07, 6.45) is 2.60. The van der Waals surface area contributed by atoms with Gasteiger partial charge in [-0.1, -0.05) is 6.08 Å². The van der Waals surface area contributed by atoms with Gasteiger partial charge < -0.3 is 24.8 Å². The van der Waals surface area contributed by atoms with Gasteiger partial charge >= 0.3 is 5.97 Å². The molecular weight excluding hydrogens is 252 g/mol. The van der Waals surface area contributed by atoms with E-state index < -0.39 is 11.4 Å². The number of rotatable bonds is 9. The van der Waals surface area contributed by atoms with E-state index in [0.29, 0.717) is 25.0 Å². The number of hydrogen-bond donors (Lipinski definition) is 3. The second-order valence-corrected chi connectivity index (χ2v) is 4.95. The summed E-state index contributed by atoms with van der Waals surface area (Å²) in [5.41, 5.74) is -0.425. The predicted octanol–water partition coefficient (Wildman–Crippen LogP) is -0.382. The van der Waals surface area contributed by atoms with Crippen LogP contribution in [-0.4, -0.2) is 60.4 Å². The lowest BCUT2D eigenvalue weighted by atomic mass is 9.85. The molecule has 0 bridgehead atoms. The zero-order valence-corrected chi connectivity index (χ0v) is 11.2. The summed E-state index contributed by atoms with van der Waals surface area (Å²) in [6, 6.07) is 0. The molecule has 0 saturated carbocycles. The van der Waals surface area contributed by atoms with Crippen LogP contribution in [0.25, 0.3) is 0 Å². The fraction of sp³-hybridized carbons (Fsp3) is 0.769. The van der Waals surface area contributed by atoms with E-state index in [4.69, 9.17) is 24.8 Å². The zero-order chi connectivity index (χ0) is 14.3. The molecule has 1 heterocycles. The van der Waals surface area contributed by atoms with Crippen LogP contribution in [0.15, 0.2) is 11.6 Å². The Balaban J connectivity index is 2.34. The molecule has 0 aromatic carbocycles. The summed E-state index contributed by atoms with van der Waals surface area (Å²) in [5.74, 6) is -0.391. The molecule has 0 radical (unpaired) electrons. The molecule has 0 aromatic rings. The largest absolute Gasteiger partial charge is 0.459 e. The Morgan fingerprint density at radius 3 is 2.42 bits per heavy atom. The fourth-order valence-corrected chi connectivity index (χ4v) is 1.51. The fourth-order valence-electron chi connectivity index (χ4n) is 1.51. The average molecular weight is 274 g/mol. The lowest BCUT2D eigenvalue weighted by Crippen LogP contribution is -2.33. The van der Waals surface area contributed by atoms with Crippen LogP contribution in [-0.2, 0) is 14.3 Å². The van der Waals surface area contributed by atoms with E-state index >= 15 is 0 Å². The van der Waals surface area contributed by atoms with Crippen LogP contribution < -0.4 is 0 Å². The van der Waals surface area contributed by atoms with Crippen LogP contribution in [0.1, 0.15) is 19.8 Å². The van der Waals surface area contributed by atoms with Crippen molar-refractivity contribution in [1.82, 2.24) is 0 Å². The van der Waals surface area contributed by atoms with Crippen molar-refractivity contribution in [3.05, 3.63) is 11.6 Å². The van der Waals surface area contributed by atoms with E-state index in [9.17, 15) is 4.79 Å². The van der Waals surface area contributed by atoms with Crippen LogP contribution in [0.5, 0.6) is 0 Å². The molecule has 1 fully saturated rings. The molecule has 1 saturated heterocycles. The third kappa shape index (κ3) is 5.28. The molecule has 1 aliphatic heterocycles. The number of hydrogen-bond acceptors (Lipinski definition) is 6. The molecule has 19 heavy (non-hydrogen) atoms. The summed E-state index contributed by atoms with van der Waals surface area (Å²) in [7, 11) is 0. The maximum atomic E-state index is 11.5. The minimum Gasteiger partial charge on any atom is -0.459 e. The van der Waals surface area contributed by atoms with Crippen LogP contribution in [0, 0.1) is 5.41 Å². The minimum atomic E-state index is -0.900. The first kappa shape index (κ1) is 16.1. The van der Waals surface area contributed by atoms with Crippen molar-refractivity contribution in [2.45, 2.75) is 25.9 Å². The molecule has 3 N–H and O–H groups in total. The molecule has 6 heteroatoms. The van der Waals surface area contributed by atoms with Gasteiger partial charge in [-0.2, -0.15) is 0 Å². The predicted molar refractivity (Wildman–Crippen MR) is 67.4 cm³/mol. The number of allylic oxidation sites excluding steroid dienone is 1. The molecule has 110 valence electrons. The smallest absolute Gasteiger partial charge is 0.333 e. The highest BCUT2D eigenvalue weighted by atomic mass is 16.6. The monoisotopic (exact) mass is 274 g/mol. The SMILES string of the molecule is CC(=CCCC(CO)(CO)CO)C(=O)OCC1CO1. The first-order chi connectivity index (χ1) is 9.06. The molecule has 1 aliphatic rings. The molecule has 6 nitrogen and oxygen atoms in total. The second kappa shape index (κ2) is 7.59. The first-order valence-corrected chi connectivity index (χ1v) is 6.35. The summed E-state index contributed by atoms with van der Waals surface area (Å²) in [6.45, 7) is 1.68. The first-order valence-electron chi connectivity index (χ1n) is 6.35. The van der Waals surface area contributed by atoms with E-state index in [1.54, 1.807) is 13.0 Å². The van der Waals surface area contributed by atoms with Crippen molar-refractivity contribution in [3.8, 4) is 0 Å². The number of esters is 1. The van der Waals surface area contributed by atoms with E-state index in [1.165, 1.54) is 0 Å². The topological polar surface area (TPSA) is 99.5 Å². The maximum absolute atomic E-state index is 11.5. The van der Waals surface area contributed by atoms with Gasteiger partial charge in [0.1, 0.15) is 12.7 Å².